The molecule has 0 bridgehead atoms. The third kappa shape index (κ3) is 5.78. The lowest BCUT2D eigenvalue weighted by atomic mass is 9.98. The van der Waals surface area contributed by atoms with Crippen molar-refractivity contribution in [3.63, 3.8) is 0 Å². The fraction of sp³-hybridized carbons (Fsp3) is 0.350. The van der Waals surface area contributed by atoms with Gasteiger partial charge in [0.2, 0.25) is 0 Å². The number of nitrogens with zero attached hydrogens (tertiary/aromatic N) is 1. The number of rotatable bonds is 9. The molecule has 0 unspecified atom stereocenters. The molecule has 0 aliphatic heterocycles. The Hall–Kier alpha value is -3.07. The molecule has 0 spiro atoms. The highest BCUT2D eigenvalue weighted by Crippen LogP contribution is 2.39. The number of nitrogens with one attached hydrogen (secondary N) is 1. The summed E-state index contributed by atoms with van der Waals surface area (Å²) in [7, 11) is 0. The van der Waals surface area contributed by atoms with E-state index in [4.69, 9.17) is 9.47 Å². The van der Waals surface area contributed by atoms with Gasteiger partial charge in [0.05, 0.1) is 6.07 Å². The van der Waals surface area contributed by atoms with Gasteiger partial charge in [-0.1, -0.05) is 24.8 Å². The van der Waals surface area contributed by atoms with Crippen LogP contribution in [0.5, 0.6) is 5.75 Å². The van der Waals surface area contributed by atoms with Crippen LogP contribution in [0.2, 0.25) is 0 Å². The lowest BCUT2D eigenvalue weighted by molar-refractivity contribution is -0.144. The van der Waals surface area contributed by atoms with Crippen LogP contribution >= 0.6 is 0 Å². The third-order valence-electron chi connectivity index (χ3n) is 4.03. The van der Waals surface area contributed by atoms with Crippen molar-refractivity contribution in [1.82, 2.24) is 5.32 Å². The number of carbonyl (C=O) groups is 2. The molecule has 1 aromatic carbocycles. The molecular weight excluding hydrogens is 332 g/mol. The highest BCUT2D eigenvalue weighted by molar-refractivity contribution is 5.89. The lowest BCUT2D eigenvalue weighted by Crippen LogP contribution is -2.48. The molecule has 0 saturated heterocycles. The Morgan fingerprint density at radius 3 is 2.65 bits per heavy atom. The monoisotopic (exact) mass is 354 g/mol. The quantitative estimate of drug-likeness (QED) is 0.418. The predicted octanol–water partition coefficient (Wildman–Crippen LogP) is 2.62. The van der Waals surface area contributed by atoms with Gasteiger partial charge in [-0.05, 0) is 49.5 Å². The molecule has 1 aliphatic rings. The van der Waals surface area contributed by atoms with Crippen molar-refractivity contribution in [1.29, 1.82) is 5.26 Å². The van der Waals surface area contributed by atoms with Gasteiger partial charge in [-0.2, -0.15) is 5.26 Å². The van der Waals surface area contributed by atoms with Crippen LogP contribution in [-0.2, 0) is 14.3 Å². The molecule has 0 aromatic heterocycles. The van der Waals surface area contributed by atoms with E-state index in [9.17, 15) is 14.9 Å². The Labute approximate surface area is 153 Å². The van der Waals surface area contributed by atoms with Gasteiger partial charge in [0.25, 0.3) is 5.91 Å². The van der Waals surface area contributed by atoms with Crippen LogP contribution in [0.25, 0.3) is 6.08 Å². The van der Waals surface area contributed by atoms with E-state index < -0.39 is 24.0 Å². The van der Waals surface area contributed by atoms with Gasteiger partial charge in [-0.15, -0.1) is 0 Å². The number of amides is 1. The second-order valence-corrected chi connectivity index (χ2v) is 6.25. The van der Waals surface area contributed by atoms with Crippen LogP contribution in [0.3, 0.4) is 0 Å². The SMILES string of the molecule is C=CCOc1ccc(/C=C/C(=O)OCC(=O)N[C@@](C)(C#N)C2CC2)cc1. The molecule has 1 saturated carbocycles. The van der Waals surface area contributed by atoms with Crippen molar-refractivity contribution in [2.75, 3.05) is 13.2 Å². The molecule has 1 atom stereocenters. The Balaban J connectivity index is 1.77. The summed E-state index contributed by atoms with van der Waals surface area (Å²) in [5, 5.41) is 11.8. The molecule has 1 aliphatic carbocycles. The minimum absolute atomic E-state index is 0.172. The van der Waals surface area contributed by atoms with Crippen LogP contribution in [0.15, 0.2) is 43.0 Å². The molecular formula is C20H22N2O4. The molecule has 1 aromatic rings. The summed E-state index contributed by atoms with van der Waals surface area (Å²) in [6.45, 7) is 5.27. The minimum atomic E-state index is -0.894. The van der Waals surface area contributed by atoms with Gasteiger partial charge >= 0.3 is 5.97 Å². The summed E-state index contributed by atoms with van der Waals surface area (Å²) in [6, 6.07) is 9.27. The zero-order valence-corrected chi connectivity index (χ0v) is 14.7. The number of hydrogen-bond donors (Lipinski definition) is 1. The molecule has 1 fully saturated rings. The zero-order chi connectivity index (χ0) is 19.0. The maximum absolute atomic E-state index is 11.9. The minimum Gasteiger partial charge on any atom is -0.490 e. The van der Waals surface area contributed by atoms with Crippen molar-refractivity contribution >= 4 is 18.0 Å². The molecule has 6 nitrogen and oxygen atoms in total. The highest BCUT2D eigenvalue weighted by Gasteiger charge is 2.43. The second-order valence-electron chi connectivity index (χ2n) is 6.25. The summed E-state index contributed by atoms with van der Waals surface area (Å²) in [5.41, 5.74) is -0.0995. The number of nitriles is 1. The van der Waals surface area contributed by atoms with Gasteiger partial charge in [0.15, 0.2) is 6.61 Å². The first-order valence-corrected chi connectivity index (χ1v) is 8.37. The molecule has 6 heteroatoms. The standard InChI is InChI=1S/C20H22N2O4/c1-3-12-25-17-9-4-15(5-10-17)6-11-19(24)26-13-18(23)22-20(2,14-21)16-7-8-16/h3-6,9-11,16H,1,7-8,12-13H2,2H3,(H,22,23)/b11-6+/t20-/m0/s1. The molecule has 0 heterocycles. The first kappa shape index (κ1) is 19.3. The normalized spacial score (nSPS) is 15.5. The van der Waals surface area contributed by atoms with Crippen molar-refractivity contribution in [2.45, 2.75) is 25.3 Å². The fourth-order valence-electron chi connectivity index (χ4n) is 2.39. The van der Waals surface area contributed by atoms with E-state index in [1.54, 1.807) is 43.3 Å². The van der Waals surface area contributed by atoms with Gasteiger partial charge < -0.3 is 14.8 Å². The molecule has 2 rings (SSSR count). The second kappa shape index (κ2) is 8.86. The Morgan fingerprint density at radius 1 is 1.38 bits per heavy atom. The molecule has 1 N–H and O–H groups in total. The van der Waals surface area contributed by atoms with Crippen molar-refractivity contribution in [2.24, 2.45) is 5.92 Å². The van der Waals surface area contributed by atoms with Crippen LogP contribution in [-0.4, -0.2) is 30.6 Å². The summed E-state index contributed by atoms with van der Waals surface area (Å²) < 4.78 is 10.3. The van der Waals surface area contributed by atoms with E-state index in [0.717, 1.165) is 18.4 Å². The predicted molar refractivity (Wildman–Crippen MR) is 97.0 cm³/mol. The molecule has 26 heavy (non-hydrogen) atoms. The lowest BCUT2D eigenvalue weighted by Gasteiger charge is -2.22. The van der Waals surface area contributed by atoms with Crippen LogP contribution < -0.4 is 10.1 Å². The first-order valence-electron chi connectivity index (χ1n) is 8.37. The highest BCUT2D eigenvalue weighted by atomic mass is 16.5. The van der Waals surface area contributed by atoms with Crippen molar-refractivity contribution in [3.05, 3.63) is 48.6 Å². The maximum atomic E-state index is 11.9. The largest absolute Gasteiger partial charge is 0.490 e. The number of carbonyl (C=O) groups excluding carboxylic acids is 2. The van der Waals surface area contributed by atoms with E-state index in [1.165, 1.54) is 6.08 Å². The van der Waals surface area contributed by atoms with Gasteiger partial charge in [-0.3, -0.25) is 4.79 Å². The average Bonchev–Trinajstić information content (AvgIpc) is 3.49. The average molecular weight is 354 g/mol. The smallest absolute Gasteiger partial charge is 0.331 e. The summed E-state index contributed by atoms with van der Waals surface area (Å²) in [5.74, 6) is -0.230. The Kier molecular flexibility index (Phi) is 6.56. The van der Waals surface area contributed by atoms with Gasteiger partial charge in [-0.25, -0.2) is 4.79 Å². The number of benzene rings is 1. The zero-order valence-electron chi connectivity index (χ0n) is 14.7. The number of esters is 1. The maximum Gasteiger partial charge on any atom is 0.331 e. The van der Waals surface area contributed by atoms with E-state index in [1.807, 2.05) is 0 Å². The number of hydrogen-bond acceptors (Lipinski definition) is 5. The topological polar surface area (TPSA) is 88.4 Å². The number of ether oxygens (including phenoxy) is 2. The summed E-state index contributed by atoms with van der Waals surface area (Å²) in [6.07, 6.45) is 6.33. The third-order valence-corrected chi connectivity index (χ3v) is 4.03. The van der Waals surface area contributed by atoms with Crippen LogP contribution in [0, 0.1) is 17.2 Å². The molecule has 0 radical (unpaired) electrons. The van der Waals surface area contributed by atoms with E-state index in [-0.39, 0.29) is 5.92 Å². The first-order chi connectivity index (χ1) is 12.5. The van der Waals surface area contributed by atoms with Crippen molar-refractivity contribution < 1.29 is 19.1 Å². The Morgan fingerprint density at radius 2 is 2.08 bits per heavy atom. The van der Waals surface area contributed by atoms with Crippen LogP contribution in [0.4, 0.5) is 0 Å². The van der Waals surface area contributed by atoms with E-state index >= 15 is 0 Å². The Bertz CT molecular complexity index is 729. The fourth-order valence-corrected chi connectivity index (χ4v) is 2.39. The van der Waals surface area contributed by atoms with Gasteiger partial charge in [0.1, 0.15) is 17.9 Å². The molecule has 1 amide bonds. The van der Waals surface area contributed by atoms with E-state index in [0.29, 0.717) is 12.4 Å². The van der Waals surface area contributed by atoms with Gasteiger partial charge in [0, 0.05) is 6.08 Å². The summed E-state index contributed by atoms with van der Waals surface area (Å²) in [4.78, 5) is 23.6. The van der Waals surface area contributed by atoms with Crippen LogP contribution in [0.1, 0.15) is 25.3 Å². The molecule has 136 valence electrons. The van der Waals surface area contributed by atoms with Crippen molar-refractivity contribution in [3.8, 4) is 11.8 Å². The van der Waals surface area contributed by atoms with E-state index in [2.05, 4.69) is 18.0 Å². The summed E-state index contributed by atoms with van der Waals surface area (Å²) >= 11 is 0.